The summed E-state index contributed by atoms with van der Waals surface area (Å²) in [4.78, 5) is 0. The summed E-state index contributed by atoms with van der Waals surface area (Å²) in [6.45, 7) is 0.704. The first-order chi connectivity index (χ1) is 9.31. The van der Waals surface area contributed by atoms with Crippen molar-refractivity contribution < 1.29 is 9.47 Å². The van der Waals surface area contributed by atoms with Gasteiger partial charge >= 0.3 is 0 Å². The second-order valence-corrected chi connectivity index (χ2v) is 5.22. The van der Waals surface area contributed by atoms with Gasteiger partial charge < -0.3 is 15.2 Å². The van der Waals surface area contributed by atoms with Crippen molar-refractivity contribution in [3.05, 3.63) is 53.6 Å². The summed E-state index contributed by atoms with van der Waals surface area (Å²) in [7, 11) is 0. The summed E-state index contributed by atoms with van der Waals surface area (Å²) >= 11 is 0. The molecule has 4 rings (SSSR count). The molecule has 0 fully saturated rings. The zero-order valence-corrected chi connectivity index (χ0v) is 10.5. The molecule has 0 aliphatic carbocycles. The first kappa shape index (κ1) is 10.7. The lowest BCUT2D eigenvalue weighted by molar-refractivity contribution is 0.0544. The Labute approximate surface area is 112 Å². The van der Waals surface area contributed by atoms with Crippen LogP contribution < -0.4 is 15.2 Å². The molecule has 96 valence electrons. The number of ether oxygens (including phenoxy) is 2. The SMILES string of the molecule is Nc1ccc2c(c1)[C@H]1Oc3ccccc3C[C@H]1CO2. The van der Waals surface area contributed by atoms with Crippen molar-refractivity contribution in [2.45, 2.75) is 12.5 Å². The molecule has 2 atom stereocenters. The lowest BCUT2D eigenvalue weighted by Gasteiger charge is -2.38. The zero-order chi connectivity index (χ0) is 12.8. The molecule has 0 bridgehead atoms. The van der Waals surface area contributed by atoms with Gasteiger partial charge in [0.2, 0.25) is 0 Å². The first-order valence-electron chi connectivity index (χ1n) is 6.58. The van der Waals surface area contributed by atoms with Gasteiger partial charge in [-0.15, -0.1) is 0 Å². The van der Waals surface area contributed by atoms with Crippen molar-refractivity contribution >= 4 is 5.69 Å². The van der Waals surface area contributed by atoms with Crippen molar-refractivity contribution in [2.24, 2.45) is 5.92 Å². The van der Waals surface area contributed by atoms with Crippen molar-refractivity contribution in [1.29, 1.82) is 0 Å². The number of nitrogens with two attached hydrogens (primary N) is 1. The van der Waals surface area contributed by atoms with E-state index in [1.165, 1.54) is 5.56 Å². The standard InChI is InChI=1S/C16H15NO2/c17-12-5-6-15-13(8-12)16-11(9-18-15)7-10-3-1-2-4-14(10)19-16/h1-6,8,11,16H,7,9,17H2/t11-,16-/m0/s1. The monoisotopic (exact) mass is 253 g/mol. The summed E-state index contributed by atoms with van der Waals surface area (Å²) in [5.41, 5.74) is 8.98. The van der Waals surface area contributed by atoms with E-state index < -0.39 is 0 Å². The highest BCUT2D eigenvalue weighted by Crippen LogP contribution is 2.44. The maximum atomic E-state index is 6.18. The van der Waals surface area contributed by atoms with Crippen LogP contribution in [0.5, 0.6) is 11.5 Å². The number of nitrogen functional groups attached to an aromatic ring is 1. The maximum absolute atomic E-state index is 6.18. The third-order valence-electron chi connectivity index (χ3n) is 3.93. The van der Waals surface area contributed by atoms with Crippen LogP contribution in [0.15, 0.2) is 42.5 Å². The van der Waals surface area contributed by atoms with Crippen LogP contribution in [-0.2, 0) is 6.42 Å². The molecule has 2 aliphatic rings. The second kappa shape index (κ2) is 3.92. The summed E-state index contributed by atoms with van der Waals surface area (Å²) in [6, 6.07) is 14.0. The number of rotatable bonds is 0. The fourth-order valence-corrected chi connectivity index (χ4v) is 2.99. The van der Waals surface area contributed by atoms with Crippen LogP contribution >= 0.6 is 0 Å². The van der Waals surface area contributed by atoms with E-state index in [2.05, 4.69) is 12.1 Å². The third kappa shape index (κ3) is 1.65. The molecule has 0 spiro atoms. The Kier molecular flexibility index (Phi) is 2.21. The average Bonchev–Trinajstić information content (AvgIpc) is 2.45. The quantitative estimate of drug-likeness (QED) is 0.734. The van der Waals surface area contributed by atoms with Crippen LogP contribution in [0.2, 0.25) is 0 Å². The fourth-order valence-electron chi connectivity index (χ4n) is 2.99. The van der Waals surface area contributed by atoms with Gasteiger partial charge in [0, 0.05) is 17.2 Å². The molecule has 19 heavy (non-hydrogen) atoms. The second-order valence-electron chi connectivity index (χ2n) is 5.22. The van der Waals surface area contributed by atoms with Gasteiger partial charge in [-0.3, -0.25) is 0 Å². The molecule has 0 radical (unpaired) electrons. The molecular weight excluding hydrogens is 238 g/mol. The van der Waals surface area contributed by atoms with Crippen LogP contribution in [0.4, 0.5) is 5.69 Å². The Morgan fingerprint density at radius 3 is 2.89 bits per heavy atom. The van der Waals surface area contributed by atoms with Gasteiger partial charge in [0.05, 0.1) is 6.61 Å². The van der Waals surface area contributed by atoms with E-state index in [0.717, 1.165) is 29.2 Å². The van der Waals surface area contributed by atoms with Gasteiger partial charge in [-0.2, -0.15) is 0 Å². The highest BCUT2D eigenvalue weighted by atomic mass is 16.5. The lowest BCUT2D eigenvalue weighted by atomic mass is 9.85. The van der Waals surface area contributed by atoms with Crippen molar-refractivity contribution in [3.8, 4) is 11.5 Å². The third-order valence-corrected chi connectivity index (χ3v) is 3.93. The molecule has 0 unspecified atom stereocenters. The Balaban J connectivity index is 1.79. The molecule has 0 saturated carbocycles. The van der Waals surface area contributed by atoms with Gasteiger partial charge in [0.25, 0.3) is 0 Å². The predicted octanol–water partition coefficient (Wildman–Crippen LogP) is 2.95. The van der Waals surface area contributed by atoms with Crippen LogP contribution in [0.25, 0.3) is 0 Å². The molecule has 0 amide bonds. The maximum Gasteiger partial charge on any atom is 0.134 e. The molecule has 3 nitrogen and oxygen atoms in total. The van der Waals surface area contributed by atoms with Gasteiger partial charge in [-0.05, 0) is 36.2 Å². The lowest BCUT2D eigenvalue weighted by Crippen LogP contribution is -2.34. The van der Waals surface area contributed by atoms with E-state index in [1.54, 1.807) is 0 Å². The minimum absolute atomic E-state index is 0.0575. The smallest absolute Gasteiger partial charge is 0.134 e. The molecule has 2 aromatic rings. The summed E-state index contributed by atoms with van der Waals surface area (Å²) in [5, 5.41) is 0. The summed E-state index contributed by atoms with van der Waals surface area (Å²) < 4.78 is 12.0. The van der Waals surface area contributed by atoms with Crippen molar-refractivity contribution in [3.63, 3.8) is 0 Å². The van der Waals surface area contributed by atoms with E-state index in [0.29, 0.717) is 12.5 Å². The van der Waals surface area contributed by atoms with Crippen LogP contribution in [0.1, 0.15) is 17.2 Å². The van der Waals surface area contributed by atoms with E-state index in [9.17, 15) is 0 Å². The van der Waals surface area contributed by atoms with Gasteiger partial charge in [0.15, 0.2) is 0 Å². The molecule has 2 aromatic carbocycles. The highest BCUT2D eigenvalue weighted by molar-refractivity contribution is 5.51. The number of para-hydroxylation sites is 1. The first-order valence-corrected chi connectivity index (χ1v) is 6.58. The Hall–Kier alpha value is -2.16. The summed E-state index contributed by atoms with van der Waals surface area (Å²) in [6.07, 6.45) is 1.05. The van der Waals surface area contributed by atoms with E-state index in [1.807, 2.05) is 30.3 Å². The number of benzene rings is 2. The highest BCUT2D eigenvalue weighted by Gasteiger charge is 2.36. The Morgan fingerprint density at radius 1 is 1.05 bits per heavy atom. The average molecular weight is 253 g/mol. The Morgan fingerprint density at radius 2 is 1.95 bits per heavy atom. The van der Waals surface area contributed by atoms with Gasteiger partial charge in [-0.25, -0.2) is 0 Å². The minimum Gasteiger partial charge on any atom is -0.493 e. The Bertz CT molecular complexity index is 638. The molecule has 0 saturated heterocycles. The van der Waals surface area contributed by atoms with Crippen LogP contribution in [-0.4, -0.2) is 6.61 Å². The summed E-state index contributed by atoms with van der Waals surface area (Å²) in [5.74, 6) is 2.25. The number of hydrogen-bond acceptors (Lipinski definition) is 3. The van der Waals surface area contributed by atoms with Gasteiger partial charge in [-0.1, -0.05) is 18.2 Å². The van der Waals surface area contributed by atoms with Crippen molar-refractivity contribution in [1.82, 2.24) is 0 Å². The van der Waals surface area contributed by atoms with Gasteiger partial charge in [0.1, 0.15) is 17.6 Å². The molecule has 2 heterocycles. The van der Waals surface area contributed by atoms with Crippen LogP contribution in [0.3, 0.4) is 0 Å². The molecule has 2 aliphatic heterocycles. The largest absolute Gasteiger partial charge is 0.493 e. The number of hydrogen-bond donors (Lipinski definition) is 1. The molecule has 0 aromatic heterocycles. The van der Waals surface area contributed by atoms with E-state index in [4.69, 9.17) is 15.2 Å². The fraction of sp³-hybridized carbons (Fsp3) is 0.250. The number of fused-ring (bicyclic) bond motifs is 4. The molecule has 2 N–H and O–H groups in total. The molecular formula is C16H15NO2. The van der Waals surface area contributed by atoms with Crippen LogP contribution in [0, 0.1) is 5.92 Å². The normalized spacial score (nSPS) is 23.4. The predicted molar refractivity (Wildman–Crippen MR) is 73.4 cm³/mol. The minimum atomic E-state index is 0.0575. The van der Waals surface area contributed by atoms with E-state index >= 15 is 0 Å². The zero-order valence-electron chi connectivity index (χ0n) is 10.5. The van der Waals surface area contributed by atoms with E-state index in [-0.39, 0.29) is 6.10 Å². The molecule has 3 heteroatoms. The number of anilines is 1. The van der Waals surface area contributed by atoms with Crippen molar-refractivity contribution in [2.75, 3.05) is 12.3 Å². The topological polar surface area (TPSA) is 44.5 Å².